The molecule has 0 aliphatic heterocycles. The van der Waals surface area contributed by atoms with Gasteiger partial charge in [-0.15, -0.1) is 0 Å². The van der Waals surface area contributed by atoms with Crippen LogP contribution in [0.4, 0.5) is 5.69 Å². The van der Waals surface area contributed by atoms with E-state index in [0.717, 1.165) is 17.1 Å². The van der Waals surface area contributed by atoms with Gasteiger partial charge in [0.05, 0.1) is 17.1 Å². The molecule has 0 saturated carbocycles. The van der Waals surface area contributed by atoms with Gasteiger partial charge in [-0.2, -0.15) is 0 Å². The summed E-state index contributed by atoms with van der Waals surface area (Å²) in [7, 11) is -3.01. The second-order valence-corrected chi connectivity index (χ2v) is 8.79. The number of nitrogens with one attached hydrogen (secondary N) is 4. The third-order valence-corrected chi connectivity index (χ3v) is 7.01. The maximum atomic E-state index is 13.6. The lowest BCUT2D eigenvalue weighted by molar-refractivity contribution is 0.451. The van der Waals surface area contributed by atoms with E-state index < -0.39 is 13.1 Å². The molecular weight excluding hydrogens is 351 g/mol. The molecule has 1 unspecified atom stereocenters. The van der Waals surface area contributed by atoms with Gasteiger partial charge in [0.15, 0.2) is 0 Å². The van der Waals surface area contributed by atoms with Crippen LogP contribution in [0.1, 0.15) is 42.4 Å². The minimum Gasteiger partial charge on any atom is -0.493 e. The predicted molar refractivity (Wildman–Crippen MR) is 105 cm³/mol. The van der Waals surface area contributed by atoms with Crippen molar-refractivity contribution in [2.24, 2.45) is 0 Å². The summed E-state index contributed by atoms with van der Waals surface area (Å²) in [5, 5.41) is 19.4. The van der Waals surface area contributed by atoms with E-state index in [0.29, 0.717) is 31.2 Å². The van der Waals surface area contributed by atoms with Crippen molar-refractivity contribution in [3.8, 4) is 5.88 Å². The molecule has 2 heterocycles. The minimum absolute atomic E-state index is 0.00210. The highest BCUT2D eigenvalue weighted by molar-refractivity contribution is 7.60. The van der Waals surface area contributed by atoms with Crippen LogP contribution in [0, 0.1) is 20.8 Å². The first-order valence-corrected chi connectivity index (χ1v) is 10.6. The first-order valence-electron chi connectivity index (χ1n) is 8.84. The van der Waals surface area contributed by atoms with Gasteiger partial charge >= 0.3 is 0 Å². The van der Waals surface area contributed by atoms with Gasteiger partial charge in [-0.1, -0.05) is 13.8 Å². The number of aromatic amines is 1. The molecule has 0 amide bonds. The van der Waals surface area contributed by atoms with Crippen molar-refractivity contribution in [2.75, 3.05) is 25.0 Å². The van der Waals surface area contributed by atoms with Crippen LogP contribution >= 0.6 is 7.44 Å². The minimum atomic E-state index is -3.01. The zero-order valence-corrected chi connectivity index (χ0v) is 16.9. The van der Waals surface area contributed by atoms with E-state index in [2.05, 4.69) is 30.4 Å². The number of hydrogen-bond acceptors (Lipinski definition) is 5. The van der Waals surface area contributed by atoms with Crippen molar-refractivity contribution in [2.45, 2.75) is 40.3 Å². The summed E-state index contributed by atoms with van der Waals surface area (Å²) in [5.41, 5.74) is 2.71. The molecule has 144 valence electrons. The van der Waals surface area contributed by atoms with Crippen molar-refractivity contribution in [3.63, 3.8) is 0 Å². The molecule has 2 aromatic heterocycles. The Kier molecular flexibility index (Phi) is 6.81. The van der Waals surface area contributed by atoms with Crippen LogP contribution in [0.25, 0.3) is 0 Å². The summed E-state index contributed by atoms with van der Waals surface area (Å²) in [5.74, 6) is 0.480. The number of imidazole rings is 1. The smallest absolute Gasteiger partial charge is 0.223 e. The second kappa shape index (κ2) is 8.66. The molecule has 0 bridgehead atoms. The topological polar surface area (TPSA) is 115 Å². The summed E-state index contributed by atoms with van der Waals surface area (Å²) < 4.78 is 13.6. The van der Waals surface area contributed by atoms with Gasteiger partial charge in [-0.05, 0) is 46.0 Å². The van der Waals surface area contributed by atoms with Crippen LogP contribution in [-0.4, -0.2) is 39.7 Å². The number of nitrogens with zero attached hydrogens (tertiary/aromatic N) is 2. The molecule has 1 atom stereocenters. The zero-order chi connectivity index (χ0) is 19.3. The van der Waals surface area contributed by atoms with Crippen LogP contribution in [-0.2, 0) is 4.57 Å². The quantitative estimate of drug-likeness (QED) is 0.425. The molecule has 0 fully saturated rings. The summed E-state index contributed by atoms with van der Waals surface area (Å²) in [4.78, 5) is 11.7. The Morgan fingerprint density at radius 3 is 2.27 bits per heavy atom. The first-order chi connectivity index (χ1) is 12.3. The van der Waals surface area contributed by atoms with E-state index in [-0.39, 0.29) is 5.88 Å². The third-order valence-electron chi connectivity index (χ3n) is 4.13. The average molecular weight is 380 g/mol. The van der Waals surface area contributed by atoms with E-state index in [4.69, 9.17) is 0 Å². The Morgan fingerprint density at radius 1 is 1.12 bits per heavy atom. The molecule has 8 nitrogen and oxygen atoms in total. The number of anilines is 1. The number of pyridine rings is 1. The van der Waals surface area contributed by atoms with Gasteiger partial charge in [-0.3, -0.25) is 19.7 Å². The highest BCUT2D eigenvalue weighted by Gasteiger charge is 2.35. The van der Waals surface area contributed by atoms with E-state index in [9.17, 15) is 9.67 Å². The molecule has 0 spiro atoms. The van der Waals surface area contributed by atoms with Crippen molar-refractivity contribution in [1.29, 1.82) is 0 Å². The Hall–Kier alpha value is -1.89. The number of aromatic hydroxyl groups is 1. The number of hydrogen-bond donors (Lipinski definition) is 5. The van der Waals surface area contributed by atoms with E-state index >= 15 is 0 Å². The highest BCUT2D eigenvalue weighted by Crippen LogP contribution is 2.51. The maximum absolute atomic E-state index is 13.6. The SMILES string of the molecule is CCNP(=O)(NCC)C(CNc1ccc(C)nc1C)c1nc(C)c(O)[nH]1. The number of aryl methyl sites for hydroxylation is 3. The summed E-state index contributed by atoms with van der Waals surface area (Å²) >= 11 is 0. The van der Waals surface area contributed by atoms with Crippen molar-refractivity contribution < 1.29 is 9.67 Å². The van der Waals surface area contributed by atoms with Gasteiger partial charge in [0.1, 0.15) is 11.5 Å². The number of aromatic nitrogens is 3. The van der Waals surface area contributed by atoms with Crippen molar-refractivity contribution in [3.05, 3.63) is 35.0 Å². The molecule has 0 saturated heterocycles. The molecule has 26 heavy (non-hydrogen) atoms. The monoisotopic (exact) mass is 380 g/mol. The molecule has 0 radical (unpaired) electrons. The molecular formula is C17H29N6O2P. The Labute approximate surface area is 154 Å². The van der Waals surface area contributed by atoms with Crippen molar-refractivity contribution >= 4 is 13.1 Å². The lowest BCUT2D eigenvalue weighted by Gasteiger charge is -2.28. The van der Waals surface area contributed by atoms with E-state index in [1.807, 2.05) is 39.8 Å². The average Bonchev–Trinajstić information content (AvgIpc) is 2.88. The summed E-state index contributed by atoms with van der Waals surface area (Å²) in [6.07, 6.45) is 0. The third kappa shape index (κ3) is 4.63. The fourth-order valence-electron chi connectivity index (χ4n) is 2.85. The fourth-order valence-corrected chi connectivity index (χ4v) is 5.16. The Bertz CT molecular complexity index is 762. The van der Waals surface area contributed by atoms with Crippen LogP contribution in [0.3, 0.4) is 0 Å². The molecule has 0 aliphatic rings. The molecule has 0 aliphatic carbocycles. The second-order valence-electron chi connectivity index (χ2n) is 6.22. The number of rotatable bonds is 9. The molecule has 2 aromatic rings. The van der Waals surface area contributed by atoms with Crippen molar-refractivity contribution in [1.82, 2.24) is 25.1 Å². The number of H-pyrrole nitrogens is 1. The van der Waals surface area contributed by atoms with Crippen LogP contribution < -0.4 is 15.5 Å². The fraction of sp³-hybridized carbons (Fsp3) is 0.529. The first kappa shape index (κ1) is 20.4. The standard InChI is InChI=1S/C17H29N6O2P/c1-6-19-26(25,20-7-2)15(16-22-13(5)17(24)23-16)10-18-14-9-8-11(3)21-12(14)4/h8-9,15,18,24H,6-7,10H2,1-5H3,(H,22,23)(H2,19,20,25). The van der Waals surface area contributed by atoms with Gasteiger partial charge in [0.2, 0.25) is 13.3 Å². The molecule has 5 N–H and O–H groups in total. The van der Waals surface area contributed by atoms with Gasteiger partial charge in [0.25, 0.3) is 0 Å². The maximum Gasteiger partial charge on any atom is 0.223 e. The summed E-state index contributed by atoms with van der Waals surface area (Å²) in [6.45, 7) is 10.9. The molecule has 9 heteroatoms. The van der Waals surface area contributed by atoms with E-state index in [1.165, 1.54) is 0 Å². The largest absolute Gasteiger partial charge is 0.493 e. The van der Waals surface area contributed by atoms with Crippen LogP contribution in [0.5, 0.6) is 5.88 Å². The van der Waals surface area contributed by atoms with Gasteiger partial charge in [-0.25, -0.2) is 4.98 Å². The van der Waals surface area contributed by atoms with E-state index in [1.54, 1.807) is 6.92 Å². The predicted octanol–water partition coefficient (Wildman–Crippen LogP) is 3.00. The normalized spacial score (nSPS) is 13.0. The Morgan fingerprint density at radius 2 is 1.77 bits per heavy atom. The highest BCUT2D eigenvalue weighted by atomic mass is 31.2. The van der Waals surface area contributed by atoms with Crippen LogP contribution in [0.15, 0.2) is 12.1 Å². The zero-order valence-electron chi connectivity index (χ0n) is 16.1. The molecule has 2 rings (SSSR count). The van der Waals surface area contributed by atoms with Gasteiger partial charge in [0, 0.05) is 12.2 Å². The summed E-state index contributed by atoms with van der Waals surface area (Å²) in [6, 6.07) is 3.90. The lowest BCUT2D eigenvalue weighted by atomic mass is 10.2. The lowest BCUT2D eigenvalue weighted by Crippen LogP contribution is -2.30. The van der Waals surface area contributed by atoms with Crippen LogP contribution in [0.2, 0.25) is 0 Å². The Balaban J connectivity index is 2.34. The van der Waals surface area contributed by atoms with Gasteiger partial charge < -0.3 is 15.4 Å². The molecule has 0 aromatic carbocycles.